The molecule has 2 aromatic rings. The predicted molar refractivity (Wildman–Crippen MR) is 97.4 cm³/mol. The first-order chi connectivity index (χ1) is 12.3. The second kappa shape index (κ2) is 8.99. The van der Waals surface area contributed by atoms with Crippen molar-refractivity contribution in [1.29, 1.82) is 0 Å². The van der Waals surface area contributed by atoms with Crippen LogP contribution in [0.4, 0.5) is 0 Å². The summed E-state index contributed by atoms with van der Waals surface area (Å²) in [5, 5.41) is 0.842. The van der Waals surface area contributed by atoms with Crippen LogP contribution in [0.2, 0.25) is 0 Å². The Morgan fingerprint density at radius 2 is 1.76 bits per heavy atom. The predicted octanol–water partition coefficient (Wildman–Crippen LogP) is 1.83. The quantitative estimate of drug-likeness (QED) is 0.537. The summed E-state index contributed by atoms with van der Waals surface area (Å²) in [6.07, 6.45) is 0.937. The standard InChI is InChI=1S/C19H26N2O4/c1-23-14-12-21-10-8-20(9-11-21)7-4-13-24-18-15-19(22)25-17-6-3-2-5-16(17)18/h2-3,5-6,15H,4,7-14H2,1H3. The van der Waals surface area contributed by atoms with Gasteiger partial charge in [0.15, 0.2) is 0 Å². The van der Waals surface area contributed by atoms with Crippen LogP contribution in [-0.4, -0.2) is 69.4 Å². The van der Waals surface area contributed by atoms with Crippen LogP contribution in [0.15, 0.2) is 39.5 Å². The molecule has 1 fully saturated rings. The summed E-state index contributed by atoms with van der Waals surface area (Å²) in [4.78, 5) is 16.5. The number of hydrogen-bond acceptors (Lipinski definition) is 6. The number of nitrogens with zero attached hydrogens (tertiary/aromatic N) is 2. The minimum absolute atomic E-state index is 0.374. The lowest BCUT2D eigenvalue weighted by atomic mass is 10.2. The SMILES string of the molecule is COCCN1CCN(CCCOc2cc(=O)oc3ccccc23)CC1. The Morgan fingerprint density at radius 1 is 1.04 bits per heavy atom. The molecule has 0 unspecified atom stereocenters. The van der Waals surface area contributed by atoms with Crippen LogP contribution in [0.25, 0.3) is 11.0 Å². The van der Waals surface area contributed by atoms with Gasteiger partial charge >= 0.3 is 5.63 Å². The number of benzene rings is 1. The zero-order valence-corrected chi connectivity index (χ0v) is 14.8. The van der Waals surface area contributed by atoms with Crippen LogP contribution in [0, 0.1) is 0 Å². The highest BCUT2D eigenvalue weighted by Crippen LogP contribution is 2.23. The largest absolute Gasteiger partial charge is 0.492 e. The molecule has 6 heteroatoms. The first-order valence-electron chi connectivity index (χ1n) is 8.85. The number of para-hydroxylation sites is 1. The van der Waals surface area contributed by atoms with Gasteiger partial charge in [0.05, 0.1) is 24.7 Å². The summed E-state index contributed by atoms with van der Waals surface area (Å²) < 4.78 is 16.2. The van der Waals surface area contributed by atoms with Crippen LogP contribution in [0.3, 0.4) is 0 Å². The summed E-state index contributed by atoms with van der Waals surface area (Å²) in [6.45, 7) is 7.77. The first-order valence-corrected chi connectivity index (χ1v) is 8.85. The van der Waals surface area contributed by atoms with E-state index in [4.69, 9.17) is 13.9 Å². The zero-order chi connectivity index (χ0) is 17.5. The van der Waals surface area contributed by atoms with Crippen molar-refractivity contribution in [1.82, 2.24) is 9.80 Å². The zero-order valence-electron chi connectivity index (χ0n) is 14.8. The van der Waals surface area contributed by atoms with Crippen molar-refractivity contribution in [2.75, 3.05) is 59.6 Å². The molecule has 0 saturated carbocycles. The molecule has 0 amide bonds. The minimum atomic E-state index is -0.374. The van der Waals surface area contributed by atoms with Crippen molar-refractivity contribution in [3.05, 3.63) is 40.8 Å². The molecule has 1 aliphatic heterocycles. The molecule has 0 spiro atoms. The third-order valence-electron chi connectivity index (χ3n) is 4.56. The molecule has 2 heterocycles. The van der Waals surface area contributed by atoms with Gasteiger partial charge in [-0.2, -0.15) is 0 Å². The lowest BCUT2D eigenvalue weighted by molar-refractivity contribution is 0.0942. The summed E-state index contributed by atoms with van der Waals surface area (Å²) in [5.41, 5.74) is 0.193. The number of methoxy groups -OCH3 is 1. The van der Waals surface area contributed by atoms with Crippen LogP contribution >= 0.6 is 0 Å². The topological polar surface area (TPSA) is 55.2 Å². The van der Waals surface area contributed by atoms with E-state index in [1.807, 2.05) is 18.2 Å². The fraction of sp³-hybridized carbons (Fsp3) is 0.526. The van der Waals surface area contributed by atoms with Crippen molar-refractivity contribution in [3.8, 4) is 5.75 Å². The van der Waals surface area contributed by atoms with E-state index in [1.165, 1.54) is 6.07 Å². The lowest BCUT2D eigenvalue weighted by Crippen LogP contribution is -2.47. The van der Waals surface area contributed by atoms with Crippen molar-refractivity contribution >= 4 is 11.0 Å². The maximum Gasteiger partial charge on any atom is 0.339 e. The van der Waals surface area contributed by atoms with Gasteiger partial charge < -0.3 is 18.8 Å². The fourth-order valence-corrected chi connectivity index (χ4v) is 3.13. The number of hydrogen-bond donors (Lipinski definition) is 0. The van der Waals surface area contributed by atoms with Crippen molar-refractivity contribution in [2.45, 2.75) is 6.42 Å². The van der Waals surface area contributed by atoms with Gasteiger partial charge in [-0.25, -0.2) is 4.79 Å². The lowest BCUT2D eigenvalue weighted by Gasteiger charge is -2.34. The second-order valence-electron chi connectivity index (χ2n) is 6.30. The number of ether oxygens (including phenoxy) is 2. The van der Waals surface area contributed by atoms with E-state index in [0.717, 1.165) is 57.7 Å². The smallest absolute Gasteiger partial charge is 0.339 e. The highest BCUT2D eigenvalue weighted by Gasteiger charge is 2.16. The number of rotatable bonds is 8. The molecule has 25 heavy (non-hydrogen) atoms. The summed E-state index contributed by atoms with van der Waals surface area (Å²) in [7, 11) is 1.75. The van der Waals surface area contributed by atoms with Gasteiger partial charge in [0.2, 0.25) is 0 Å². The van der Waals surface area contributed by atoms with Gasteiger partial charge in [-0.15, -0.1) is 0 Å². The van der Waals surface area contributed by atoms with Crippen molar-refractivity contribution < 1.29 is 13.9 Å². The highest BCUT2D eigenvalue weighted by molar-refractivity contribution is 5.82. The average molecular weight is 346 g/mol. The molecular weight excluding hydrogens is 320 g/mol. The van der Waals surface area contributed by atoms with E-state index in [2.05, 4.69) is 9.80 Å². The Kier molecular flexibility index (Phi) is 6.44. The maximum atomic E-state index is 11.6. The van der Waals surface area contributed by atoms with E-state index < -0.39 is 0 Å². The Bertz CT molecular complexity index is 723. The summed E-state index contributed by atoms with van der Waals surface area (Å²) in [6, 6.07) is 8.88. The molecule has 0 radical (unpaired) electrons. The molecule has 0 N–H and O–H groups in total. The summed E-state index contributed by atoms with van der Waals surface area (Å²) in [5.74, 6) is 0.608. The minimum Gasteiger partial charge on any atom is -0.492 e. The summed E-state index contributed by atoms with van der Waals surface area (Å²) >= 11 is 0. The van der Waals surface area contributed by atoms with Crippen molar-refractivity contribution in [3.63, 3.8) is 0 Å². The monoisotopic (exact) mass is 346 g/mol. The van der Waals surface area contributed by atoms with Gasteiger partial charge in [-0.1, -0.05) is 12.1 Å². The Morgan fingerprint density at radius 3 is 2.52 bits per heavy atom. The fourth-order valence-electron chi connectivity index (χ4n) is 3.13. The Hall–Kier alpha value is -1.89. The molecule has 0 aliphatic carbocycles. The van der Waals surface area contributed by atoms with Crippen molar-refractivity contribution in [2.24, 2.45) is 0 Å². The van der Waals surface area contributed by atoms with Crippen LogP contribution in [0.5, 0.6) is 5.75 Å². The van der Waals surface area contributed by atoms with Crippen LogP contribution < -0.4 is 10.4 Å². The Balaban J connectivity index is 1.43. The van der Waals surface area contributed by atoms with E-state index in [9.17, 15) is 4.79 Å². The molecule has 1 aliphatic rings. The average Bonchev–Trinajstić information content (AvgIpc) is 2.64. The molecule has 0 bridgehead atoms. The van der Waals surface area contributed by atoms with Gasteiger partial charge in [0, 0.05) is 46.4 Å². The highest BCUT2D eigenvalue weighted by atomic mass is 16.5. The van der Waals surface area contributed by atoms with E-state index >= 15 is 0 Å². The molecule has 6 nitrogen and oxygen atoms in total. The van der Waals surface area contributed by atoms with Gasteiger partial charge in [0.1, 0.15) is 11.3 Å². The van der Waals surface area contributed by atoms with Crippen LogP contribution in [0.1, 0.15) is 6.42 Å². The number of fused-ring (bicyclic) bond motifs is 1. The molecular formula is C19H26N2O4. The van der Waals surface area contributed by atoms with E-state index in [-0.39, 0.29) is 5.63 Å². The molecule has 0 atom stereocenters. The maximum absolute atomic E-state index is 11.6. The van der Waals surface area contributed by atoms with Gasteiger partial charge in [-0.05, 0) is 18.6 Å². The third-order valence-corrected chi connectivity index (χ3v) is 4.56. The van der Waals surface area contributed by atoms with Gasteiger partial charge in [-0.3, -0.25) is 4.90 Å². The molecule has 1 saturated heterocycles. The van der Waals surface area contributed by atoms with Crippen LogP contribution in [-0.2, 0) is 4.74 Å². The van der Waals surface area contributed by atoms with E-state index in [1.54, 1.807) is 13.2 Å². The molecule has 136 valence electrons. The normalized spacial score (nSPS) is 16.4. The van der Waals surface area contributed by atoms with Gasteiger partial charge in [0.25, 0.3) is 0 Å². The second-order valence-corrected chi connectivity index (χ2v) is 6.30. The Labute approximate surface area is 147 Å². The number of piperazine rings is 1. The molecule has 1 aromatic heterocycles. The molecule has 3 rings (SSSR count). The first kappa shape index (κ1) is 17.9. The van der Waals surface area contributed by atoms with E-state index in [0.29, 0.717) is 17.9 Å². The third kappa shape index (κ3) is 5.04. The molecule has 1 aromatic carbocycles.